The lowest BCUT2D eigenvalue weighted by atomic mass is 10.0. The molecule has 0 fully saturated rings. The van der Waals surface area contributed by atoms with Gasteiger partial charge >= 0.3 is 5.69 Å². The van der Waals surface area contributed by atoms with E-state index < -0.39 is 10.5 Å². The summed E-state index contributed by atoms with van der Waals surface area (Å²) in [5.41, 5.74) is 1.52. The van der Waals surface area contributed by atoms with Crippen molar-refractivity contribution in [2.45, 2.75) is 32.9 Å². The monoisotopic (exact) mass is 419 g/mol. The number of benzene rings is 2. The molecule has 9 heteroatoms. The molecule has 0 radical (unpaired) electrons. The molecule has 1 heterocycles. The highest BCUT2D eigenvalue weighted by Crippen LogP contribution is 2.25. The van der Waals surface area contributed by atoms with E-state index in [4.69, 9.17) is 10.00 Å². The molecule has 9 nitrogen and oxygen atoms in total. The zero-order valence-electron chi connectivity index (χ0n) is 17.3. The molecule has 0 aliphatic rings. The maximum absolute atomic E-state index is 12.8. The highest BCUT2D eigenvalue weighted by Gasteiger charge is 2.32. The SMILES string of the molecule is Cc1cc(OCc2cccc(C#N)c2)ccc1NC(=O)C(C)(C)n1cc([N+](=O)[O-])cn1. The van der Waals surface area contributed by atoms with E-state index in [0.717, 1.165) is 17.3 Å². The summed E-state index contributed by atoms with van der Waals surface area (Å²) < 4.78 is 7.06. The van der Waals surface area contributed by atoms with Crippen LogP contribution in [-0.2, 0) is 16.9 Å². The van der Waals surface area contributed by atoms with Crippen LogP contribution in [0.15, 0.2) is 54.9 Å². The third kappa shape index (κ3) is 4.87. The zero-order valence-corrected chi connectivity index (χ0v) is 17.3. The molecule has 3 aromatic rings. The molecule has 0 atom stereocenters. The Morgan fingerprint density at radius 1 is 1.32 bits per heavy atom. The Morgan fingerprint density at radius 2 is 2.10 bits per heavy atom. The minimum Gasteiger partial charge on any atom is -0.489 e. The fourth-order valence-electron chi connectivity index (χ4n) is 2.86. The van der Waals surface area contributed by atoms with Gasteiger partial charge in [-0.1, -0.05) is 12.1 Å². The smallest absolute Gasteiger partial charge is 0.307 e. The fraction of sp³-hybridized carbons (Fsp3) is 0.227. The molecule has 158 valence electrons. The molecule has 1 N–H and O–H groups in total. The summed E-state index contributed by atoms with van der Waals surface area (Å²) >= 11 is 0. The van der Waals surface area contributed by atoms with Crippen LogP contribution in [-0.4, -0.2) is 20.6 Å². The molecular formula is C22H21N5O4. The molecule has 0 saturated carbocycles. The second-order valence-electron chi connectivity index (χ2n) is 7.49. The topological polar surface area (TPSA) is 123 Å². The van der Waals surface area contributed by atoms with Crippen LogP contribution < -0.4 is 10.1 Å². The number of rotatable bonds is 7. The number of anilines is 1. The van der Waals surface area contributed by atoms with Crippen molar-refractivity contribution in [3.05, 3.63) is 81.7 Å². The van der Waals surface area contributed by atoms with Crippen LogP contribution >= 0.6 is 0 Å². The van der Waals surface area contributed by atoms with Gasteiger partial charge in [0.2, 0.25) is 0 Å². The van der Waals surface area contributed by atoms with Crippen molar-refractivity contribution in [1.82, 2.24) is 9.78 Å². The number of nitriles is 1. The van der Waals surface area contributed by atoms with E-state index >= 15 is 0 Å². The second kappa shape index (κ2) is 8.67. The van der Waals surface area contributed by atoms with Crippen molar-refractivity contribution in [3.8, 4) is 11.8 Å². The molecule has 0 unspecified atom stereocenters. The third-order valence-corrected chi connectivity index (χ3v) is 4.82. The summed E-state index contributed by atoms with van der Waals surface area (Å²) in [7, 11) is 0. The number of hydrogen-bond acceptors (Lipinski definition) is 6. The van der Waals surface area contributed by atoms with Crippen LogP contribution in [0.5, 0.6) is 5.75 Å². The number of nitrogens with zero attached hydrogens (tertiary/aromatic N) is 4. The van der Waals surface area contributed by atoms with E-state index in [1.54, 1.807) is 50.2 Å². The predicted molar refractivity (Wildman–Crippen MR) is 114 cm³/mol. The Hall–Kier alpha value is -4.19. The van der Waals surface area contributed by atoms with Crippen LogP contribution in [0.2, 0.25) is 0 Å². The molecule has 0 aliphatic carbocycles. The van der Waals surface area contributed by atoms with Crippen molar-refractivity contribution in [1.29, 1.82) is 5.26 Å². The molecule has 31 heavy (non-hydrogen) atoms. The third-order valence-electron chi connectivity index (χ3n) is 4.82. The summed E-state index contributed by atoms with van der Waals surface area (Å²) in [6.07, 6.45) is 2.34. The number of carbonyl (C=O) groups is 1. The van der Waals surface area contributed by atoms with E-state index in [-0.39, 0.29) is 11.6 Å². The number of carbonyl (C=O) groups excluding carboxylic acids is 1. The number of amides is 1. The molecule has 0 aliphatic heterocycles. The summed E-state index contributed by atoms with van der Waals surface area (Å²) in [5, 5.41) is 26.7. The first kappa shape index (κ1) is 21.5. The average molecular weight is 419 g/mol. The minimum absolute atomic E-state index is 0.182. The number of aryl methyl sites for hydroxylation is 1. The summed E-state index contributed by atoms with van der Waals surface area (Å²) in [6.45, 7) is 5.40. The zero-order chi connectivity index (χ0) is 22.6. The highest BCUT2D eigenvalue weighted by molar-refractivity contribution is 5.96. The van der Waals surface area contributed by atoms with Gasteiger partial charge in [0.05, 0.1) is 16.6 Å². The number of nitro groups is 1. The molecule has 1 amide bonds. The predicted octanol–water partition coefficient (Wildman–Crippen LogP) is 3.92. The standard InChI is InChI=1S/C22H21N5O4/c1-15-9-19(31-14-17-6-4-5-16(10-17)11-23)7-8-20(15)25-21(28)22(2,3)26-13-18(12-24-26)27(29)30/h4-10,12-13H,14H2,1-3H3,(H,25,28). The fourth-order valence-corrected chi connectivity index (χ4v) is 2.86. The van der Waals surface area contributed by atoms with Crippen LogP contribution in [0.25, 0.3) is 0 Å². The van der Waals surface area contributed by atoms with Crippen molar-refractivity contribution in [3.63, 3.8) is 0 Å². The van der Waals surface area contributed by atoms with Gasteiger partial charge in [-0.3, -0.25) is 19.6 Å². The lowest BCUT2D eigenvalue weighted by Crippen LogP contribution is -2.40. The Morgan fingerprint density at radius 3 is 2.74 bits per heavy atom. The van der Waals surface area contributed by atoms with E-state index in [1.807, 2.05) is 13.0 Å². The van der Waals surface area contributed by atoms with E-state index in [9.17, 15) is 14.9 Å². The quantitative estimate of drug-likeness (QED) is 0.457. The normalized spacial score (nSPS) is 10.9. The van der Waals surface area contributed by atoms with E-state index in [2.05, 4.69) is 16.5 Å². The van der Waals surface area contributed by atoms with Gasteiger partial charge in [0.1, 0.15) is 30.3 Å². The van der Waals surface area contributed by atoms with Gasteiger partial charge in [0.25, 0.3) is 5.91 Å². The Kier molecular flexibility index (Phi) is 6.02. The van der Waals surface area contributed by atoms with Crippen LogP contribution in [0.3, 0.4) is 0 Å². The maximum atomic E-state index is 12.8. The van der Waals surface area contributed by atoms with Gasteiger partial charge < -0.3 is 10.1 Å². The summed E-state index contributed by atoms with van der Waals surface area (Å²) in [4.78, 5) is 23.1. The summed E-state index contributed by atoms with van der Waals surface area (Å²) in [6, 6.07) is 14.5. The van der Waals surface area contributed by atoms with Crippen molar-refractivity contribution in [2.75, 3.05) is 5.32 Å². The Balaban J connectivity index is 1.68. The molecular weight excluding hydrogens is 398 g/mol. The van der Waals surface area contributed by atoms with Gasteiger partial charge in [-0.15, -0.1) is 0 Å². The van der Waals surface area contributed by atoms with Crippen molar-refractivity contribution in [2.24, 2.45) is 0 Å². The van der Waals surface area contributed by atoms with Crippen molar-refractivity contribution < 1.29 is 14.5 Å². The number of hydrogen-bond donors (Lipinski definition) is 1. The Bertz CT molecular complexity index is 1180. The molecule has 0 spiro atoms. The Labute approximate surface area is 179 Å². The first-order valence-electron chi connectivity index (χ1n) is 9.44. The van der Waals surface area contributed by atoms with Crippen LogP contribution in [0.1, 0.15) is 30.5 Å². The molecule has 0 bridgehead atoms. The van der Waals surface area contributed by atoms with Gasteiger partial charge in [-0.05, 0) is 62.2 Å². The second-order valence-corrected chi connectivity index (χ2v) is 7.49. The minimum atomic E-state index is -1.14. The maximum Gasteiger partial charge on any atom is 0.307 e. The van der Waals surface area contributed by atoms with E-state index in [1.165, 1.54) is 10.9 Å². The first-order chi connectivity index (χ1) is 14.7. The van der Waals surface area contributed by atoms with Gasteiger partial charge in [-0.25, -0.2) is 0 Å². The largest absolute Gasteiger partial charge is 0.489 e. The lowest BCUT2D eigenvalue weighted by Gasteiger charge is -2.24. The van der Waals surface area contributed by atoms with Crippen molar-refractivity contribution >= 4 is 17.3 Å². The van der Waals surface area contributed by atoms with Gasteiger partial charge in [0, 0.05) is 5.69 Å². The highest BCUT2D eigenvalue weighted by atomic mass is 16.6. The molecule has 2 aromatic carbocycles. The number of ether oxygens (including phenoxy) is 1. The summed E-state index contributed by atoms with van der Waals surface area (Å²) in [5.74, 6) is 0.260. The number of aromatic nitrogens is 2. The molecule has 0 saturated heterocycles. The van der Waals surface area contributed by atoms with Crippen LogP contribution in [0.4, 0.5) is 11.4 Å². The van der Waals surface area contributed by atoms with Gasteiger partial charge in [-0.2, -0.15) is 10.4 Å². The molecule has 3 rings (SSSR count). The van der Waals surface area contributed by atoms with Crippen LogP contribution in [0, 0.1) is 28.4 Å². The number of nitrogens with one attached hydrogen (secondary N) is 1. The van der Waals surface area contributed by atoms with E-state index in [0.29, 0.717) is 23.6 Å². The van der Waals surface area contributed by atoms with Gasteiger partial charge in [0.15, 0.2) is 0 Å². The molecule has 1 aromatic heterocycles. The first-order valence-corrected chi connectivity index (χ1v) is 9.44. The lowest BCUT2D eigenvalue weighted by molar-refractivity contribution is -0.385. The average Bonchev–Trinajstić information content (AvgIpc) is 3.25.